The van der Waals surface area contributed by atoms with Crippen LogP contribution in [0.3, 0.4) is 0 Å². The van der Waals surface area contributed by atoms with Crippen molar-refractivity contribution in [3.05, 3.63) is 35.6 Å². The smallest absolute Gasteiger partial charge is 0.123 e. The monoisotopic (exact) mass is 183 g/mol. The molecule has 0 unspecified atom stereocenters. The van der Waals surface area contributed by atoms with Crippen molar-refractivity contribution < 1.29 is 9.50 Å². The normalized spacial score (nSPS) is 10.3. The largest absolute Gasteiger partial charge is 0.395 e. The molecule has 1 aromatic carbocycles. The van der Waals surface area contributed by atoms with Crippen molar-refractivity contribution in [1.29, 1.82) is 0 Å². The van der Waals surface area contributed by atoms with Gasteiger partial charge in [0.05, 0.1) is 6.61 Å². The van der Waals surface area contributed by atoms with E-state index in [0.29, 0.717) is 6.54 Å². The number of hydrogen-bond acceptors (Lipinski definition) is 2. The van der Waals surface area contributed by atoms with Gasteiger partial charge in [-0.15, -0.1) is 0 Å². The first-order valence-electron chi connectivity index (χ1n) is 4.39. The average Bonchev–Trinajstić information content (AvgIpc) is 2.13. The Morgan fingerprint density at radius 1 is 1.31 bits per heavy atom. The maximum absolute atomic E-state index is 12.7. The summed E-state index contributed by atoms with van der Waals surface area (Å²) in [6.07, 6.45) is 0.789. The molecule has 1 rings (SSSR count). The standard InChI is InChI=1S/C10H14FNO/c11-10-3-1-2-9(8-10)4-5-12-6-7-13/h1-3,8,12-13H,4-7H2. The van der Waals surface area contributed by atoms with Crippen molar-refractivity contribution in [2.75, 3.05) is 19.7 Å². The van der Waals surface area contributed by atoms with Gasteiger partial charge in [0.2, 0.25) is 0 Å². The minimum atomic E-state index is -0.195. The lowest BCUT2D eigenvalue weighted by atomic mass is 10.1. The molecule has 0 aliphatic carbocycles. The molecule has 13 heavy (non-hydrogen) atoms. The minimum absolute atomic E-state index is 0.142. The average molecular weight is 183 g/mol. The fraction of sp³-hybridized carbons (Fsp3) is 0.400. The molecule has 0 radical (unpaired) electrons. The number of aliphatic hydroxyl groups excluding tert-OH is 1. The molecule has 0 heterocycles. The maximum atomic E-state index is 12.7. The van der Waals surface area contributed by atoms with Gasteiger partial charge in [-0.2, -0.15) is 0 Å². The third-order valence-electron chi connectivity index (χ3n) is 1.77. The molecule has 0 aliphatic heterocycles. The Bertz CT molecular complexity index is 252. The molecule has 2 N–H and O–H groups in total. The molecule has 72 valence electrons. The molecule has 3 heteroatoms. The van der Waals surface area contributed by atoms with E-state index in [1.54, 1.807) is 6.07 Å². The van der Waals surface area contributed by atoms with Gasteiger partial charge < -0.3 is 10.4 Å². The third kappa shape index (κ3) is 4.01. The van der Waals surface area contributed by atoms with Crippen LogP contribution in [0.25, 0.3) is 0 Å². The molecule has 0 saturated carbocycles. The van der Waals surface area contributed by atoms with Crippen LogP contribution in [-0.4, -0.2) is 24.8 Å². The van der Waals surface area contributed by atoms with Crippen molar-refractivity contribution in [1.82, 2.24) is 5.32 Å². The van der Waals surface area contributed by atoms with E-state index in [1.165, 1.54) is 12.1 Å². The fourth-order valence-corrected chi connectivity index (χ4v) is 1.13. The van der Waals surface area contributed by atoms with E-state index in [4.69, 9.17) is 5.11 Å². The quantitative estimate of drug-likeness (QED) is 0.666. The van der Waals surface area contributed by atoms with E-state index in [-0.39, 0.29) is 12.4 Å². The molecular weight excluding hydrogens is 169 g/mol. The Morgan fingerprint density at radius 3 is 2.85 bits per heavy atom. The lowest BCUT2D eigenvalue weighted by Gasteiger charge is -2.02. The van der Waals surface area contributed by atoms with E-state index < -0.39 is 0 Å². The van der Waals surface area contributed by atoms with Crippen LogP contribution in [0.5, 0.6) is 0 Å². The summed E-state index contributed by atoms with van der Waals surface area (Å²) >= 11 is 0. The second kappa shape index (κ2) is 5.67. The Balaban J connectivity index is 2.28. The Morgan fingerprint density at radius 2 is 2.15 bits per heavy atom. The van der Waals surface area contributed by atoms with E-state index in [9.17, 15) is 4.39 Å². The van der Waals surface area contributed by atoms with Gasteiger partial charge in [0.1, 0.15) is 5.82 Å². The first kappa shape index (κ1) is 10.2. The Kier molecular flexibility index (Phi) is 4.43. The summed E-state index contributed by atoms with van der Waals surface area (Å²) in [6.45, 7) is 1.50. The van der Waals surface area contributed by atoms with Gasteiger partial charge in [-0.3, -0.25) is 0 Å². The SMILES string of the molecule is OCCNCCc1cccc(F)c1. The number of rotatable bonds is 5. The second-order valence-electron chi connectivity index (χ2n) is 2.85. The Labute approximate surface area is 77.4 Å². The van der Waals surface area contributed by atoms with Crippen LogP contribution in [-0.2, 0) is 6.42 Å². The predicted molar refractivity (Wildman–Crippen MR) is 50.1 cm³/mol. The number of halogens is 1. The van der Waals surface area contributed by atoms with Crippen LogP contribution in [0.4, 0.5) is 4.39 Å². The van der Waals surface area contributed by atoms with Crippen LogP contribution >= 0.6 is 0 Å². The molecule has 2 nitrogen and oxygen atoms in total. The highest BCUT2D eigenvalue weighted by Gasteiger charge is 1.94. The van der Waals surface area contributed by atoms with Gasteiger partial charge in [-0.05, 0) is 30.7 Å². The molecule has 0 spiro atoms. The summed E-state index contributed by atoms with van der Waals surface area (Å²) in [6, 6.07) is 6.56. The van der Waals surface area contributed by atoms with E-state index >= 15 is 0 Å². The lowest BCUT2D eigenvalue weighted by molar-refractivity contribution is 0.293. The first-order chi connectivity index (χ1) is 6.33. The zero-order chi connectivity index (χ0) is 9.52. The molecule has 0 bridgehead atoms. The number of aliphatic hydroxyl groups is 1. The summed E-state index contributed by atoms with van der Waals surface area (Å²) in [5.74, 6) is -0.195. The van der Waals surface area contributed by atoms with Crippen LogP contribution in [0, 0.1) is 5.82 Å². The molecule has 0 fully saturated rings. The van der Waals surface area contributed by atoms with E-state index in [0.717, 1.165) is 18.5 Å². The summed E-state index contributed by atoms with van der Waals surface area (Å²) in [7, 11) is 0. The van der Waals surface area contributed by atoms with E-state index in [2.05, 4.69) is 5.32 Å². The molecule has 0 atom stereocenters. The minimum Gasteiger partial charge on any atom is -0.395 e. The summed E-state index contributed by atoms with van der Waals surface area (Å²) in [5, 5.41) is 11.5. The third-order valence-corrected chi connectivity index (χ3v) is 1.77. The summed E-state index contributed by atoms with van der Waals surface area (Å²) in [4.78, 5) is 0. The predicted octanol–water partition coefficient (Wildman–Crippen LogP) is 0.950. The number of nitrogens with one attached hydrogen (secondary N) is 1. The van der Waals surface area contributed by atoms with Crippen molar-refractivity contribution in [2.45, 2.75) is 6.42 Å². The topological polar surface area (TPSA) is 32.3 Å². The lowest BCUT2D eigenvalue weighted by Crippen LogP contribution is -2.20. The molecule has 0 aromatic heterocycles. The fourth-order valence-electron chi connectivity index (χ4n) is 1.13. The van der Waals surface area contributed by atoms with Gasteiger partial charge >= 0.3 is 0 Å². The molecule has 0 saturated heterocycles. The van der Waals surface area contributed by atoms with Crippen molar-refractivity contribution in [3.63, 3.8) is 0 Å². The molecule has 0 amide bonds. The zero-order valence-electron chi connectivity index (χ0n) is 7.46. The van der Waals surface area contributed by atoms with Gasteiger partial charge in [-0.1, -0.05) is 12.1 Å². The molecule has 0 aliphatic rings. The van der Waals surface area contributed by atoms with Gasteiger partial charge in [-0.25, -0.2) is 4.39 Å². The van der Waals surface area contributed by atoms with Gasteiger partial charge in [0.25, 0.3) is 0 Å². The molecule has 1 aromatic rings. The van der Waals surface area contributed by atoms with Crippen LogP contribution in [0.1, 0.15) is 5.56 Å². The van der Waals surface area contributed by atoms with Gasteiger partial charge in [0.15, 0.2) is 0 Å². The number of hydrogen-bond donors (Lipinski definition) is 2. The highest BCUT2D eigenvalue weighted by atomic mass is 19.1. The van der Waals surface area contributed by atoms with Crippen LogP contribution in [0.15, 0.2) is 24.3 Å². The van der Waals surface area contributed by atoms with Crippen molar-refractivity contribution in [2.24, 2.45) is 0 Å². The van der Waals surface area contributed by atoms with Crippen LogP contribution in [0.2, 0.25) is 0 Å². The summed E-state index contributed by atoms with van der Waals surface area (Å²) < 4.78 is 12.7. The number of benzene rings is 1. The maximum Gasteiger partial charge on any atom is 0.123 e. The van der Waals surface area contributed by atoms with Crippen molar-refractivity contribution >= 4 is 0 Å². The highest BCUT2D eigenvalue weighted by molar-refractivity contribution is 5.16. The van der Waals surface area contributed by atoms with Gasteiger partial charge in [0, 0.05) is 6.54 Å². The Hall–Kier alpha value is -0.930. The first-order valence-corrected chi connectivity index (χ1v) is 4.39. The highest BCUT2D eigenvalue weighted by Crippen LogP contribution is 2.03. The van der Waals surface area contributed by atoms with E-state index in [1.807, 2.05) is 6.07 Å². The second-order valence-corrected chi connectivity index (χ2v) is 2.85. The summed E-state index contributed by atoms with van der Waals surface area (Å²) in [5.41, 5.74) is 0.977. The van der Waals surface area contributed by atoms with Crippen LogP contribution < -0.4 is 5.32 Å². The zero-order valence-corrected chi connectivity index (χ0v) is 7.46. The van der Waals surface area contributed by atoms with Crippen molar-refractivity contribution in [3.8, 4) is 0 Å². The molecular formula is C10H14FNO.